The van der Waals surface area contributed by atoms with Crippen molar-refractivity contribution in [3.8, 4) is 0 Å². The number of rotatable bonds is 13. The summed E-state index contributed by atoms with van der Waals surface area (Å²) >= 11 is 0. The lowest BCUT2D eigenvalue weighted by atomic mass is 9.85. The number of anilines is 1. The summed E-state index contributed by atoms with van der Waals surface area (Å²) in [5.41, 5.74) is 2.86. The van der Waals surface area contributed by atoms with Crippen LogP contribution in [0.5, 0.6) is 0 Å². The van der Waals surface area contributed by atoms with Crippen molar-refractivity contribution in [2.24, 2.45) is 10.8 Å². The number of nitrogens with zero attached hydrogens (tertiary/aromatic N) is 3. The molecule has 4 N–H and O–H groups in total. The second-order valence-electron chi connectivity index (χ2n) is 19.9. The van der Waals surface area contributed by atoms with E-state index in [1.807, 2.05) is 48.5 Å². The maximum Gasteiger partial charge on any atom is 0.407 e. The van der Waals surface area contributed by atoms with E-state index >= 15 is 0 Å². The molecule has 3 aromatic rings. The average molecular weight is 914 g/mol. The summed E-state index contributed by atoms with van der Waals surface area (Å²) < 4.78 is 23.7. The zero-order valence-electron chi connectivity index (χ0n) is 39.1. The van der Waals surface area contributed by atoms with Crippen molar-refractivity contribution in [3.05, 3.63) is 101 Å². The molecule has 3 heterocycles. The Hall–Kier alpha value is -5.87. The predicted molar refractivity (Wildman–Crippen MR) is 244 cm³/mol. The lowest BCUT2D eigenvalue weighted by Gasteiger charge is -2.35. The van der Waals surface area contributed by atoms with Gasteiger partial charge in [-0.1, -0.05) is 90.1 Å². The van der Waals surface area contributed by atoms with Gasteiger partial charge >= 0.3 is 12.2 Å². The molecule has 8 atom stereocenters. The number of β-amino-alcohol motifs (C(OH)–C–C–N with tert-alkyl or cyclic N) is 2. The Morgan fingerprint density at radius 3 is 1.32 bits per heavy atom. The zero-order valence-corrected chi connectivity index (χ0v) is 39.1. The smallest absolute Gasteiger partial charge is 0.407 e. The molecule has 0 aromatic heterocycles. The van der Waals surface area contributed by atoms with E-state index in [2.05, 4.69) is 15.5 Å². The minimum atomic E-state index is -0.986. The van der Waals surface area contributed by atoms with Crippen LogP contribution in [0, 0.1) is 16.6 Å². The molecule has 0 bridgehead atoms. The highest BCUT2D eigenvalue weighted by Gasteiger charge is 2.46. The molecule has 356 valence electrons. The summed E-state index contributed by atoms with van der Waals surface area (Å²) in [7, 11) is 2.42. The Labute approximate surface area is 386 Å². The molecule has 6 rings (SSSR count). The molecule has 0 aliphatic carbocycles. The van der Waals surface area contributed by atoms with Gasteiger partial charge in [0.1, 0.15) is 17.9 Å². The number of ether oxygens (including phenoxy) is 2. The third-order valence-electron chi connectivity index (χ3n) is 13.0. The van der Waals surface area contributed by atoms with Crippen LogP contribution in [0.3, 0.4) is 0 Å². The molecule has 66 heavy (non-hydrogen) atoms. The molecule has 4 amide bonds. The summed E-state index contributed by atoms with van der Waals surface area (Å²) in [6.07, 6.45) is -1.57. The number of hydrogen-bond acceptors (Lipinski definition) is 11. The fourth-order valence-corrected chi connectivity index (χ4v) is 9.50. The van der Waals surface area contributed by atoms with E-state index in [1.165, 1.54) is 36.2 Å². The van der Waals surface area contributed by atoms with Crippen molar-refractivity contribution in [3.63, 3.8) is 0 Å². The summed E-state index contributed by atoms with van der Waals surface area (Å²) in [5, 5.41) is 26.4. The van der Waals surface area contributed by atoms with Crippen LogP contribution in [0.1, 0.15) is 102 Å². The van der Waals surface area contributed by atoms with E-state index in [9.17, 15) is 43.4 Å². The summed E-state index contributed by atoms with van der Waals surface area (Å²) in [5.74, 6) is -1.76. The maximum absolute atomic E-state index is 14.2. The maximum atomic E-state index is 14.2. The van der Waals surface area contributed by atoms with E-state index in [-0.39, 0.29) is 68.2 Å². The monoisotopic (exact) mass is 913 g/mol. The lowest BCUT2D eigenvalue weighted by Crippen LogP contribution is -2.56. The zero-order chi connectivity index (χ0) is 48.2. The predicted octanol–water partition coefficient (Wildman–Crippen LogP) is 5.60. The molecule has 2 unspecified atom stereocenters. The Morgan fingerprint density at radius 1 is 0.621 bits per heavy atom. The van der Waals surface area contributed by atoms with Crippen molar-refractivity contribution in [2.45, 2.75) is 129 Å². The number of benzene rings is 3. The van der Waals surface area contributed by atoms with Gasteiger partial charge in [0.15, 0.2) is 11.6 Å². The van der Waals surface area contributed by atoms with Gasteiger partial charge in [-0.2, -0.15) is 0 Å². The minimum Gasteiger partial charge on any atom is -0.453 e. The largest absolute Gasteiger partial charge is 0.453 e. The topological polar surface area (TPSA) is 195 Å². The first-order chi connectivity index (χ1) is 31.1. The van der Waals surface area contributed by atoms with Crippen LogP contribution < -0.4 is 15.5 Å². The SMILES string of the molecule is COC(=O)N[C@H](C(=O)N1C[C@@H](O)C[C@H]1C(=O)Cc1ccc(C2CCC(c3ccc(CC(=O)[C@@H]4C[C@H](O)CN4C(=O)[C@@H](NC(=O)OC)C(C)(C)C)cc3)N2c2ccc(F)cc2)cc1)C(C)(C)C. The number of aliphatic hydroxyl groups is 2. The molecule has 0 radical (unpaired) electrons. The average Bonchev–Trinajstić information content (AvgIpc) is 4.01. The Morgan fingerprint density at radius 2 is 0.985 bits per heavy atom. The number of ketones is 2. The minimum absolute atomic E-state index is 0.0234. The summed E-state index contributed by atoms with van der Waals surface area (Å²) in [4.78, 5) is 84.5. The lowest BCUT2D eigenvalue weighted by molar-refractivity contribution is -0.141. The van der Waals surface area contributed by atoms with Crippen molar-refractivity contribution in [1.82, 2.24) is 20.4 Å². The molecule has 3 aliphatic heterocycles. The number of carbonyl (C=O) groups excluding carboxylic acids is 6. The van der Waals surface area contributed by atoms with Crippen LogP contribution in [0.2, 0.25) is 0 Å². The molecular formula is C50H64FN5O10. The Kier molecular flexibility index (Phi) is 15.3. The number of likely N-dealkylation sites (tertiary alicyclic amines) is 2. The second-order valence-corrected chi connectivity index (χ2v) is 19.9. The van der Waals surface area contributed by atoms with E-state index in [0.717, 1.165) is 40.8 Å². The van der Waals surface area contributed by atoms with Gasteiger partial charge in [-0.25, -0.2) is 14.0 Å². The van der Waals surface area contributed by atoms with E-state index in [1.54, 1.807) is 53.7 Å². The van der Waals surface area contributed by atoms with Crippen LogP contribution in [-0.4, -0.2) is 119 Å². The summed E-state index contributed by atoms with van der Waals surface area (Å²) in [6.45, 7) is 10.7. The van der Waals surface area contributed by atoms with Gasteiger partial charge < -0.3 is 45.0 Å². The number of halogens is 1. The first-order valence-corrected chi connectivity index (χ1v) is 22.5. The van der Waals surface area contributed by atoms with Gasteiger partial charge in [-0.05, 0) is 70.2 Å². The quantitative estimate of drug-likeness (QED) is 0.167. The van der Waals surface area contributed by atoms with Crippen molar-refractivity contribution < 1.29 is 52.8 Å². The van der Waals surface area contributed by atoms with E-state index in [0.29, 0.717) is 0 Å². The second kappa shape index (κ2) is 20.3. The highest BCUT2D eigenvalue weighted by Crippen LogP contribution is 2.47. The first kappa shape index (κ1) is 49.6. The van der Waals surface area contributed by atoms with Crippen LogP contribution in [0.4, 0.5) is 19.7 Å². The number of alkyl carbamates (subject to hydrolysis) is 2. The number of amides is 4. The standard InChI is InChI=1S/C50H64FN5O10/c1-49(2,3)43(52-47(63)65-7)45(61)54-27-35(57)25-39(54)41(59)23-29-9-13-31(14-10-29)37-21-22-38(56(37)34-19-17-33(51)18-20-34)32-15-11-30(12-16-32)24-42(60)40-26-36(58)28-55(40)46(62)44(50(4,5)6)53-48(64)66-8/h9-20,35-40,43-44,57-58H,21-28H2,1-8H3,(H,52,63)(H,53,64)/t35-,36-,37?,38?,39-,40-,43+,44+/m0/s1. The number of hydrogen-bond donors (Lipinski definition) is 4. The Balaban J connectivity index is 1.16. The number of nitrogens with one attached hydrogen (secondary N) is 2. The van der Waals surface area contributed by atoms with Crippen molar-refractivity contribution in [2.75, 3.05) is 32.2 Å². The molecular weight excluding hydrogens is 850 g/mol. The van der Waals surface area contributed by atoms with Gasteiger partial charge in [-0.15, -0.1) is 0 Å². The molecule has 3 fully saturated rings. The van der Waals surface area contributed by atoms with Crippen molar-refractivity contribution >= 4 is 41.3 Å². The highest BCUT2D eigenvalue weighted by atomic mass is 19.1. The molecule has 3 saturated heterocycles. The summed E-state index contributed by atoms with van der Waals surface area (Å²) in [6, 6.07) is 17.9. The van der Waals surface area contributed by atoms with Crippen molar-refractivity contribution in [1.29, 1.82) is 0 Å². The highest BCUT2D eigenvalue weighted by molar-refractivity contribution is 5.95. The van der Waals surface area contributed by atoms with Gasteiger partial charge in [0.2, 0.25) is 11.8 Å². The van der Waals surface area contributed by atoms with Crippen LogP contribution >= 0.6 is 0 Å². The van der Waals surface area contributed by atoms with Gasteiger partial charge in [0.05, 0.1) is 50.6 Å². The number of aliphatic hydroxyl groups excluding tert-OH is 2. The van der Waals surface area contributed by atoms with Crippen LogP contribution in [0.15, 0.2) is 72.8 Å². The molecule has 15 nitrogen and oxygen atoms in total. The van der Waals surface area contributed by atoms with E-state index < -0.39 is 71.2 Å². The fraction of sp³-hybridized carbons (Fsp3) is 0.520. The third kappa shape index (κ3) is 11.4. The van der Waals surface area contributed by atoms with E-state index in [4.69, 9.17) is 9.47 Å². The molecule has 16 heteroatoms. The van der Waals surface area contributed by atoms with Crippen LogP contribution in [-0.2, 0) is 41.5 Å². The van der Waals surface area contributed by atoms with Gasteiger partial charge in [-0.3, -0.25) is 19.2 Å². The Bertz CT molecular complexity index is 2110. The molecule has 3 aromatic carbocycles. The number of methoxy groups -OCH3 is 2. The third-order valence-corrected chi connectivity index (χ3v) is 13.0. The van der Waals surface area contributed by atoms with Gasteiger partial charge in [0, 0.05) is 44.5 Å². The van der Waals surface area contributed by atoms with Gasteiger partial charge in [0.25, 0.3) is 0 Å². The van der Waals surface area contributed by atoms with Crippen LogP contribution in [0.25, 0.3) is 0 Å². The first-order valence-electron chi connectivity index (χ1n) is 22.5. The number of carbonyl (C=O) groups is 6. The fourth-order valence-electron chi connectivity index (χ4n) is 9.50. The molecule has 0 spiro atoms. The molecule has 3 aliphatic rings. The molecule has 0 saturated carbocycles. The normalized spacial score (nSPS) is 23.0. The number of Topliss-reactive ketones (excluding diaryl/α,β-unsaturated/α-hetero) is 2.